The molecule has 0 aromatic carbocycles. The van der Waals surface area contributed by atoms with Crippen LogP contribution in [-0.2, 0) is 9.59 Å². The minimum absolute atomic E-state index is 0.107. The number of carbonyl (C=O) groups is 3. The fourth-order valence-electron chi connectivity index (χ4n) is 7.78. The molecule has 4 bridgehead atoms. The first-order valence-corrected chi connectivity index (χ1v) is 11.8. The number of nitrogens with one attached hydrogen (secondary N) is 2. The standard InChI is InChI=1S/C23H35N3O3/c1-15(22-11-16-8-17(12-22)10-18(9-16)13-22)24-19(27)14-26-20(28)23(25-21(26)29)6-4-2-3-5-7-23/h15-18H,2-14H2,1H3,(H,24,27)(H,25,29). The molecule has 6 aliphatic rings. The van der Waals surface area contributed by atoms with E-state index in [0.717, 1.165) is 48.3 Å². The van der Waals surface area contributed by atoms with Crippen molar-refractivity contribution in [1.29, 1.82) is 0 Å². The Morgan fingerprint density at radius 1 is 1.03 bits per heavy atom. The van der Waals surface area contributed by atoms with Crippen LogP contribution in [0.3, 0.4) is 0 Å². The monoisotopic (exact) mass is 401 g/mol. The molecule has 5 saturated carbocycles. The van der Waals surface area contributed by atoms with E-state index in [0.29, 0.717) is 12.8 Å². The van der Waals surface area contributed by atoms with Crippen molar-refractivity contribution in [3.05, 3.63) is 0 Å². The van der Waals surface area contributed by atoms with Crippen molar-refractivity contribution in [2.45, 2.75) is 95.6 Å². The molecule has 0 aromatic rings. The molecule has 1 heterocycles. The van der Waals surface area contributed by atoms with E-state index in [1.54, 1.807) is 0 Å². The Hall–Kier alpha value is -1.59. The lowest BCUT2D eigenvalue weighted by molar-refractivity contribution is -0.136. The molecular formula is C23H35N3O3. The molecule has 1 aliphatic heterocycles. The van der Waals surface area contributed by atoms with Crippen LogP contribution in [-0.4, -0.2) is 40.9 Å². The predicted octanol–water partition coefficient (Wildman–Crippen LogP) is 3.35. The van der Waals surface area contributed by atoms with Gasteiger partial charge >= 0.3 is 6.03 Å². The van der Waals surface area contributed by atoms with Crippen LogP contribution < -0.4 is 10.6 Å². The van der Waals surface area contributed by atoms with Crippen LogP contribution in [0, 0.1) is 23.2 Å². The van der Waals surface area contributed by atoms with E-state index in [4.69, 9.17) is 0 Å². The normalized spacial score (nSPS) is 38.8. The number of imide groups is 1. The van der Waals surface area contributed by atoms with E-state index in [1.807, 2.05) is 0 Å². The molecule has 29 heavy (non-hydrogen) atoms. The van der Waals surface area contributed by atoms with Crippen molar-refractivity contribution in [1.82, 2.24) is 15.5 Å². The van der Waals surface area contributed by atoms with Crippen molar-refractivity contribution in [3.63, 3.8) is 0 Å². The number of hydrogen-bond donors (Lipinski definition) is 2. The Morgan fingerprint density at radius 3 is 2.14 bits per heavy atom. The summed E-state index contributed by atoms with van der Waals surface area (Å²) in [6.45, 7) is 1.99. The second-order valence-corrected chi connectivity index (χ2v) is 10.9. The lowest BCUT2D eigenvalue weighted by atomic mass is 9.48. The van der Waals surface area contributed by atoms with E-state index >= 15 is 0 Å². The van der Waals surface area contributed by atoms with Crippen LogP contribution in [0.2, 0.25) is 0 Å². The van der Waals surface area contributed by atoms with E-state index in [9.17, 15) is 14.4 Å². The van der Waals surface area contributed by atoms with Crippen LogP contribution in [0.4, 0.5) is 4.79 Å². The van der Waals surface area contributed by atoms with Gasteiger partial charge in [0.2, 0.25) is 5.91 Å². The molecule has 1 saturated heterocycles. The summed E-state index contributed by atoms with van der Waals surface area (Å²) in [5.41, 5.74) is -0.538. The van der Waals surface area contributed by atoms with Crippen molar-refractivity contribution < 1.29 is 14.4 Å². The van der Waals surface area contributed by atoms with Gasteiger partial charge in [0, 0.05) is 6.04 Å². The fraction of sp³-hybridized carbons (Fsp3) is 0.870. The molecular weight excluding hydrogens is 366 g/mol. The molecule has 1 unspecified atom stereocenters. The highest BCUT2D eigenvalue weighted by Gasteiger charge is 2.54. The summed E-state index contributed by atoms with van der Waals surface area (Å²) in [4.78, 5) is 39.6. The third-order valence-corrected chi connectivity index (χ3v) is 8.89. The topological polar surface area (TPSA) is 78.5 Å². The van der Waals surface area contributed by atoms with Gasteiger partial charge in [-0.05, 0) is 81.5 Å². The second kappa shape index (κ2) is 6.98. The van der Waals surface area contributed by atoms with Gasteiger partial charge in [0.15, 0.2) is 0 Å². The molecule has 2 N–H and O–H groups in total. The molecule has 6 rings (SSSR count). The Morgan fingerprint density at radius 2 is 1.59 bits per heavy atom. The molecule has 1 atom stereocenters. The van der Waals surface area contributed by atoms with Gasteiger partial charge in [0.1, 0.15) is 12.1 Å². The Kier molecular flexibility index (Phi) is 4.67. The van der Waals surface area contributed by atoms with Crippen LogP contribution in [0.25, 0.3) is 0 Å². The van der Waals surface area contributed by atoms with Crippen molar-refractivity contribution in [2.24, 2.45) is 23.2 Å². The van der Waals surface area contributed by atoms with Crippen molar-refractivity contribution >= 4 is 17.8 Å². The molecule has 0 aromatic heterocycles. The number of nitrogens with zero attached hydrogens (tertiary/aromatic N) is 1. The second-order valence-electron chi connectivity index (χ2n) is 10.9. The zero-order valence-electron chi connectivity index (χ0n) is 17.7. The first-order valence-electron chi connectivity index (χ1n) is 11.8. The molecule has 0 radical (unpaired) electrons. The number of amides is 4. The molecule has 5 aliphatic carbocycles. The van der Waals surface area contributed by atoms with Gasteiger partial charge in [0.25, 0.3) is 5.91 Å². The highest BCUT2D eigenvalue weighted by Crippen LogP contribution is 2.61. The molecule has 6 nitrogen and oxygen atoms in total. The maximum atomic E-state index is 13.1. The highest BCUT2D eigenvalue weighted by atomic mass is 16.2. The summed E-state index contributed by atoms with van der Waals surface area (Å²) in [5, 5.41) is 6.13. The van der Waals surface area contributed by atoms with Gasteiger partial charge in [0.05, 0.1) is 0 Å². The number of rotatable bonds is 4. The van der Waals surface area contributed by atoms with E-state index in [1.165, 1.54) is 38.5 Å². The first kappa shape index (κ1) is 19.4. The smallest absolute Gasteiger partial charge is 0.325 e. The number of urea groups is 1. The van der Waals surface area contributed by atoms with Crippen molar-refractivity contribution in [3.8, 4) is 0 Å². The van der Waals surface area contributed by atoms with Crippen LogP contribution in [0.1, 0.15) is 84.0 Å². The maximum absolute atomic E-state index is 13.1. The lowest BCUT2D eigenvalue weighted by Crippen LogP contribution is -2.57. The Labute approximate surface area is 173 Å². The van der Waals surface area contributed by atoms with Crippen LogP contribution >= 0.6 is 0 Å². The summed E-state index contributed by atoms with van der Waals surface area (Å²) in [6, 6.07) is -0.287. The minimum Gasteiger partial charge on any atom is -0.352 e. The highest BCUT2D eigenvalue weighted by molar-refractivity contribution is 6.09. The Balaban J connectivity index is 1.23. The van der Waals surface area contributed by atoms with E-state index in [2.05, 4.69) is 17.6 Å². The number of hydrogen-bond acceptors (Lipinski definition) is 3. The van der Waals surface area contributed by atoms with Gasteiger partial charge < -0.3 is 10.6 Å². The summed E-state index contributed by atoms with van der Waals surface area (Å²) in [7, 11) is 0. The molecule has 1 spiro atoms. The summed E-state index contributed by atoms with van der Waals surface area (Å²) in [6.07, 6.45) is 13.3. The third-order valence-electron chi connectivity index (χ3n) is 8.89. The maximum Gasteiger partial charge on any atom is 0.325 e. The molecule has 6 fully saturated rings. The number of carbonyl (C=O) groups excluding carboxylic acids is 3. The predicted molar refractivity (Wildman–Crippen MR) is 109 cm³/mol. The lowest BCUT2D eigenvalue weighted by Gasteiger charge is -2.59. The third kappa shape index (κ3) is 3.27. The zero-order chi connectivity index (χ0) is 20.2. The van der Waals surface area contributed by atoms with Crippen molar-refractivity contribution in [2.75, 3.05) is 6.54 Å². The van der Waals surface area contributed by atoms with Gasteiger partial charge in [-0.3, -0.25) is 14.5 Å². The summed E-state index contributed by atoms with van der Waals surface area (Å²) in [5.74, 6) is 2.12. The fourth-order valence-corrected chi connectivity index (χ4v) is 7.78. The van der Waals surface area contributed by atoms with Gasteiger partial charge in [-0.2, -0.15) is 0 Å². The average Bonchev–Trinajstić information content (AvgIpc) is 2.81. The van der Waals surface area contributed by atoms with Gasteiger partial charge in [-0.1, -0.05) is 25.7 Å². The Bertz CT molecular complexity index is 675. The van der Waals surface area contributed by atoms with E-state index in [-0.39, 0.29) is 29.8 Å². The average molecular weight is 402 g/mol. The quantitative estimate of drug-likeness (QED) is 0.709. The summed E-state index contributed by atoms with van der Waals surface area (Å²) >= 11 is 0. The molecule has 6 heteroatoms. The summed E-state index contributed by atoms with van der Waals surface area (Å²) < 4.78 is 0. The minimum atomic E-state index is -0.764. The van der Waals surface area contributed by atoms with Gasteiger partial charge in [-0.25, -0.2) is 4.79 Å². The first-order chi connectivity index (χ1) is 13.9. The largest absolute Gasteiger partial charge is 0.352 e. The van der Waals surface area contributed by atoms with Gasteiger partial charge in [-0.15, -0.1) is 0 Å². The SMILES string of the molecule is CC(NC(=O)CN1C(=O)NC2(CCCCCC2)C1=O)C12CC3CC(CC(C3)C1)C2. The van der Waals surface area contributed by atoms with Crippen LogP contribution in [0.15, 0.2) is 0 Å². The van der Waals surface area contributed by atoms with E-state index < -0.39 is 11.6 Å². The molecule has 160 valence electrons. The van der Waals surface area contributed by atoms with Crippen LogP contribution in [0.5, 0.6) is 0 Å². The zero-order valence-corrected chi connectivity index (χ0v) is 17.7. The molecule has 4 amide bonds.